The lowest BCUT2D eigenvalue weighted by Gasteiger charge is -2.00. The van der Waals surface area contributed by atoms with Crippen LogP contribution in [0.2, 0.25) is 0 Å². The molecule has 0 radical (unpaired) electrons. The van der Waals surface area contributed by atoms with Crippen molar-refractivity contribution >= 4 is 10.0 Å². The Morgan fingerprint density at radius 2 is 2.21 bits per heavy atom. The first-order valence-corrected chi connectivity index (χ1v) is 5.91. The van der Waals surface area contributed by atoms with Crippen molar-refractivity contribution in [1.82, 2.24) is 4.72 Å². The zero-order valence-electron chi connectivity index (χ0n) is 7.56. The molecule has 0 saturated heterocycles. The maximum absolute atomic E-state index is 11.6. The number of nitrogens with one attached hydrogen (secondary N) is 1. The molecule has 0 bridgehead atoms. The van der Waals surface area contributed by atoms with E-state index >= 15 is 0 Å². The predicted octanol–water partition coefficient (Wildman–Crippen LogP) is 0.179. The lowest BCUT2D eigenvalue weighted by atomic mass is 10.5. The number of nitrogens with two attached hydrogens (primary N) is 1. The van der Waals surface area contributed by atoms with Gasteiger partial charge in [0.25, 0.3) is 10.0 Å². The van der Waals surface area contributed by atoms with Crippen molar-refractivity contribution < 1.29 is 12.8 Å². The van der Waals surface area contributed by atoms with Gasteiger partial charge in [0.05, 0.1) is 6.54 Å². The summed E-state index contributed by atoms with van der Waals surface area (Å²) < 4.78 is 30.7. The molecule has 1 aromatic rings. The molecule has 1 saturated carbocycles. The Morgan fingerprint density at radius 3 is 2.71 bits per heavy atom. The van der Waals surface area contributed by atoms with Gasteiger partial charge in [-0.05, 0) is 25.0 Å². The Hall–Kier alpha value is -0.850. The Labute approximate surface area is 82.3 Å². The molecule has 0 spiro atoms. The van der Waals surface area contributed by atoms with Crippen LogP contribution in [0.4, 0.5) is 0 Å². The maximum atomic E-state index is 11.6. The van der Waals surface area contributed by atoms with E-state index in [2.05, 4.69) is 4.72 Å². The van der Waals surface area contributed by atoms with E-state index in [4.69, 9.17) is 10.2 Å². The lowest BCUT2D eigenvalue weighted by Crippen LogP contribution is -2.25. The highest BCUT2D eigenvalue weighted by Gasteiger charge is 2.29. The summed E-state index contributed by atoms with van der Waals surface area (Å²) in [6.45, 7) is 0.207. The summed E-state index contributed by atoms with van der Waals surface area (Å²) in [5.74, 6) is 0.473. The van der Waals surface area contributed by atoms with E-state index in [1.165, 1.54) is 6.07 Å². The summed E-state index contributed by atoms with van der Waals surface area (Å²) in [6.07, 6.45) is 1.81. The summed E-state index contributed by atoms with van der Waals surface area (Å²) >= 11 is 0. The Kier molecular flexibility index (Phi) is 2.34. The summed E-state index contributed by atoms with van der Waals surface area (Å²) in [5.41, 5.74) is 5.31. The second-order valence-electron chi connectivity index (χ2n) is 3.32. The van der Waals surface area contributed by atoms with Crippen molar-refractivity contribution in [3.8, 4) is 0 Å². The maximum Gasteiger partial charge on any atom is 0.274 e. The first-order valence-electron chi connectivity index (χ1n) is 4.43. The standard InChI is InChI=1S/C8H12N2O3S/c9-5-7-3-4-8(13-7)14(11,12)10-6-1-2-6/h3-4,6,10H,1-2,5,9H2. The lowest BCUT2D eigenvalue weighted by molar-refractivity contribution is 0.412. The highest BCUT2D eigenvalue weighted by Crippen LogP contribution is 2.22. The number of hydrogen-bond acceptors (Lipinski definition) is 4. The molecule has 0 aliphatic heterocycles. The summed E-state index contributed by atoms with van der Waals surface area (Å²) in [5, 5.41) is -0.0511. The molecule has 0 atom stereocenters. The third-order valence-electron chi connectivity index (χ3n) is 2.00. The number of rotatable bonds is 4. The fourth-order valence-corrected chi connectivity index (χ4v) is 2.35. The van der Waals surface area contributed by atoms with Crippen LogP contribution in [0.15, 0.2) is 21.6 Å². The van der Waals surface area contributed by atoms with Gasteiger partial charge in [0.15, 0.2) is 0 Å². The van der Waals surface area contributed by atoms with Crippen molar-refractivity contribution in [3.05, 3.63) is 17.9 Å². The molecule has 1 heterocycles. The Bertz CT molecular complexity index is 420. The average molecular weight is 216 g/mol. The zero-order valence-corrected chi connectivity index (χ0v) is 8.38. The van der Waals surface area contributed by atoms with Gasteiger partial charge in [-0.15, -0.1) is 0 Å². The number of sulfonamides is 1. The third kappa shape index (κ3) is 1.97. The first-order chi connectivity index (χ1) is 6.62. The average Bonchev–Trinajstić information content (AvgIpc) is 2.81. The highest BCUT2D eigenvalue weighted by molar-refractivity contribution is 7.89. The van der Waals surface area contributed by atoms with Crippen LogP contribution in [0.3, 0.4) is 0 Å². The van der Waals surface area contributed by atoms with Crippen molar-refractivity contribution in [2.75, 3.05) is 0 Å². The minimum absolute atomic E-state index is 0.0511. The van der Waals surface area contributed by atoms with E-state index in [0.29, 0.717) is 5.76 Å². The fourth-order valence-electron chi connectivity index (χ4n) is 1.09. The monoisotopic (exact) mass is 216 g/mol. The molecule has 5 nitrogen and oxygen atoms in total. The molecule has 0 unspecified atom stereocenters. The Balaban J connectivity index is 2.19. The first kappa shape index (κ1) is 9.70. The van der Waals surface area contributed by atoms with Crippen LogP contribution < -0.4 is 10.5 Å². The minimum atomic E-state index is -3.46. The van der Waals surface area contributed by atoms with Crippen molar-refractivity contribution in [3.63, 3.8) is 0 Å². The molecular formula is C8H12N2O3S. The predicted molar refractivity (Wildman–Crippen MR) is 49.9 cm³/mol. The van der Waals surface area contributed by atoms with Crippen LogP contribution in [0.5, 0.6) is 0 Å². The van der Waals surface area contributed by atoms with Gasteiger partial charge in [-0.2, -0.15) is 0 Å². The van der Waals surface area contributed by atoms with E-state index in [9.17, 15) is 8.42 Å². The van der Waals surface area contributed by atoms with Gasteiger partial charge in [0.1, 0.15) is 5.76 Å². The molecule has 14 heavy (non-hydrogen) atoms. The molecule has 1 aromatic heterocycles. The van der Waals surface area contributed by atoms with Gasteiger partial charge in [0.2, 0.25) is 5.09 Å². The van der Waals surface area contributed by atoms with E-state index in [1.807, 2.05) is 0 Å². The van der Waals surface area contributed by atoms with E-state index < -0.39 is 10.0 Å². The highest BCUT2D eigenvalue weighted by atomic mass is 32.2. The fraction of sp³-hybridized carbons (Fsp3) is 0.500. The van der Waals surface area contributed by atoms with Crippen LogP contribution in [-0.4, -0.2) is 14.5 Å². The van der Waals surface area contributed by atoms with Crippen LogP contribution in [0.25, 0.3) is 0 Å². The van der Waals surface area contributed by atoms with Crippen LogP contribution in [0.1, 0.15) is 18.6 Å². The van der Waals surface area contributed by atoms with E-state index in [1.54, 1.807) is 6.07 Å². The molecule has 0 aromatic carbocycles. The van der Waals surface area contributed by atoms with Gasteiger partial charge >= 0.3 is 0 Å². The van der Waals surface area contributed by atoms with Gasteiger partial charge in [-0.3, -0.25) is 0 Å². The number of furan rings is 1. The molecule has 6 heteroatoms. The van der Waals surface area contributed by atoms with Gasteiger partial charge in [-0.25, -0.2) is 13.1 Å². The summed E-state index contributed by atoms with van der Waals surface area (Å²) in [7, 11) is -3.46. The largest absolute Gasteiger partial charge is 0.447 e. The molecule has 1 aliphatic rings. The molecule has 2 rings (SSSR count). The Morgan fingerprint density at radius 1 is 1.50 bits per heavy atom. The van der Waals surface area contributed by atoms with Crippen LogP contribution in [0, 0.1) is 0 Å². The van der Waals surface area contributed by atoms with Crippen molar-refractivity contribution in [2.24, 2.45) is 5.73 Å². The van der Waals surface area contributed by atoms with Crippen LogP contribution >= 0.6 is 0 Å². The SMILES string of the molecule is NCc1ccc(S(=O)(=O)NC2CC2)o1. The normalized spacial score (nSPS) is 17.2. The van der Waals surface area contributed by atoms with Gasteiger partial charge in [0, 0.05) is 6.04 Å². The molecule has 0 amide bonds. The molecule has 1 fully saturated rings. The van der Waals surface area contributed by atoms with Gasteiger partial charge < -0.3 is 10.2 Å². The molecule has 1 aliphatic carbocycles. The smallest absolute Gasteiger partial charge is 0.274 e. The topological polar surface area (TPSA) is 85.3 Å². The van der Waals surface area contributed by atoms with Gasteiger partial charge in [-0.1, -0.05) is 0 Å². The third-order valence-corrected chi connectivity index (χ3v) is 3.39. The molecule has 3 N–H and O–H groups in total. The summed E-state index contributed by atoms with van der Waals surface area (Å²) in [4.78, 5) is 0. The van der Waals surface area contributed by atoms with E-state index in [-0.39, 0.29) is 17.7 Å². The quantitative estimate of drug-likeness (QED) is 0.751. The number of hydrogen-bond donors (Lipinski definition) is 2. The van der Waals surface area contributed by atoms with Crippen molar-refractivity contribution in [2.45, 2.75) is 30.5 Å². The molecular weight excluding hydrogens is 204 g/mol. The zero-order chi connectivity index (χ0) is 10.2. The second-order valence-corrected chi connectivity index (χ2v) is 4.97. The van der Waals surface area contributed by atoms with Crippen molar-refractivity contribution in [1.29, 1.82) is 0 Å². The summed E-state index contributed by atoms with van der Waals surface area (Å²) in [6, 6.07) is 3.08. The molecule has 78 valence electrons. The second kappa shape index (κ2) is 3.38. The van der Waals surface area contributed by atoms with E-state index in [0.717, 1.165) is 12.8 Å². The minimum Gasteiger partial charge on any atom is -0.447 e. The van der Waals surface area contributed by atoms with Crippen LogP contribution in [-0.2, 0) is 16.6 Å².